The zero-order valence-corrected chi connectivity index (χ0v) is 43.8. The fraction of sp³-hybridized carbons (Fsp3) is 0.660. The molecule has 0 heterocycles. The molecule has 0 fully saturated rings. The van der Waals surface area contributed by atoms with E-state index in [1.807, 2.05) is 0 Å². The van der Waals surface area contributed by atoms with Crippen molar-refractivity contribution in [2.45, 2.75) is 152 Å². The quantitative estimate of drug-likeness (QED) is 0.0294. The Balaban J connectivity index is 3.44. The highest BCUT2D eigenvalue weighted by atomic mass is 16.4. The van der Waals surface area contributed by atoms with E-state index in [4.69, 9.17) is 40.1 Å². The van der Waals surface area contributed by atoms with Gasteiger partial charge < -0.3 is 103 Å². The van der Waals surface area contributed by atoms with Gasteiger partial charge >= 0.3 is 5.97 Å². The second-order valence-corrected chi connectivity index (χ2v) is 18.6. The largest absolute Gasteiger partial charge is 0.480 e. The molecule has 0 aliphatic rings. The highest BCUT2D eigenvalue weighted by Crippen LogP contribution is 2.11. The topological polar surface area (TPSA) is 522 Å². The predicted octanol–water partition coefficient (Wildman–Crippen LogP) is -8.10. The molecule has 0 saturated heterocycles. The summed E-state index contributed by atoms with van der Waals surface area (Å²) in [6.45, 7) is 5.30. The maximum Gasteiger partial charge on any atom is 0.328 e. The second kappa shape index (κ2) is 35.7. The molecule has 1 rings (SSSR count). The molecular weight excluding hydrogens is 997 g/mol. The van der Waals surface area contributed by atoms with Gasteiger partial charge in [-0.2, -0.15) is 0 Å². The number of amides is 9. The van der Waals surface area contributed by atoms with Crippen LogP contribution in [0.5, 0.6) is 0 Å². The van der Waals surface area contributed by atoms with Gasteiger partial charge in [-0.05, 0) is 110 Å². The lowest BCUT2D eigenvalue weighted by atomic mass is 10.00. The molecule has 0 spiro atoms. The summed E-state index contributed by atoms with van der Waals surface area (Å²) < 4.78 is 0. The van der Waals surface area contributed by atoms with Gasteiger partial charge in [-0.15, -0.1) is 0 Å². The number of carboxylic acid groups (broad SMARTS) is 1. The minimum atomic E-state index is -1.71. The summed E-state index contributed by atoms with van der Waals surface area (Å²) >= 11 is 0. The Morgan fingerprint density at radius 2 is 0.711 bits per heavy atom. The van der Waals surface area contributed by atoms with Crippen molar-refractivity contribution in [2.75, 3.05) is 39.3 Å². The summed E-state index contributed by atoms with van der Waals surface area (Å²) in [6, 6.07) is -5.58. The molecule has 1 aromatic rings. The molecule has 1 aromatic carbocycles. The number of carboxylic acids is 1. The van der Waals surface area contributed by atoms with Gasteiger partial charge in [-0.1, -0.05) is 44.2 Å². The Morgan fingerprint density at radius 1 is 0.408 bits per heavy atom. The molecule has 0 bridgehead atoms. The average molecular weight is 1080 g/mol. The van der Waals surface area contributed by atoms with Crippen LogP contribution in [0.2, 0.25) is 0 Å². The molecule has 29 heteroatoms. The van der Waals surface area contributed by atoms with Crippen LogP contribution in [0.1, 0.15) is 78.2 Å². The van der Waals surface area contributed by atoms with E-state index < -0.39 is 132 Å². The van der Waals surface area contributed by atoms with E-state index in [0.29, 0.717) is 5.56 Å². The first-order valence-corrected chi connectivity index (χ1v) is 25.2. The molecule has 29 nitrogen and oxygen atoms in total. The number of nitrogens with one attached hydrogen (secondary N) is 9. The summed E-state index contributed by atoms with van der Waals surface area (Å²) in [4.78, 5) is 134. The minimum absolute atomic E-state index is 0.0201. The number of hydrogen-bond acceptors (Lipinski definition) is 19. The molecule has 76 heavy (non-hydrogen) atoms. The summed E-state index contributed by atoms with van der Waals surface area (Å²) in [5.74, 6) is -9.75. The molecular formula is C47H84N16O13. The molecule has 0 aromatic heterocycles. The maximum atomic E-state index is 14.3. The Hall–Kier alpha value is -6.44. The Kier molecular flexibility index (Phi) is 31.8. The summed E-state index contributed by atoms with van der Waals surface area (Å²) in [5.41, 5.74) is 40.8. The number of aliphatic hydroxyl groups is 2. The van der Waals surface area contributed by atoms with Crippen LogP contribution in [0.15, 0.2) is 30.3 Å². The summed E-state index contributed by atoms with van der Waals surface area (Å²) in [6.07, 6.45) is -3.78. The number of aliphatic carboxylic acids is 1. The molecule has 0 aliphatic carbocycles. The van der Waals surface area contributed by atoms with Crippen LogP contribution < -0.4 is 88.0 Å². The van der Waals surface area contributed by atoms with Crippen molar-refractivity contribution in [2.24, 2.45) is 46.1 Å². The molecule has 0 unspecified atom stereocenters. The van der Waals surface area contributed by atoms with E-state index in [0.717, 1.165) is 6.92 Å². The van der Waals surface area contributed by atoms with Crippen LogP contribution in [-0.4, -0.2) is 186 Å². The Labute approximate surface area is 442 Å². The summed E-state index contributed by atoms with van der Waals surface area (Å²) in [7, 11) is 0. The van der Waals surface area contributed by atoms with Crippen molar-refractivity contribution in [1.82, 2.24) is 47.9 Å². The van der Waals surface area contributed by atoms with E-state index in [1.165, 1.54) is 6.92 Å². The van der Waals surface area contributed by atoms with Gasteiger partial charge in [0.15, 0.2) is 6.04 Å². The second-order valence-electron chi connectivity index (χ2n) is 18.6. The fourth-order valence-electron chi connectivity index (χ4n) is 7.45. The van der Waals surface area contributed by atoms with E-state index in [9.17, 15) is 63.3 Å². The predicted molar refractivity (Wildman–Crippen MR) is 278 cm³/mol. The number of carbonyl (C=O) groups is 10. The Morgan fingerprint density at radius 3 is 1.05 bits per heavy atom. The van der Waals surface area contributed by atoms with Gasteiger partial charge in [0.05, 0.1) is 18.2 Å². The van der Waals surface area contributed by atoms with Crippen LogP contribution in [-0.2, 0) is 54.4 Å². The van der Waals surface area contributed by atoms with Crippen LogP contribution >= 0.6 is 0 Å². The third-order valence-electron chi connectivity index (χ3n) is 11.6. The van der Waals surface area contributed by atoms with Crippen LogP contribution in [0, 0.1) is 5.92 Å². The third-order valence-corrected chi connectivity index (χ3v) is 11.6. The minimum Gasteiger partial charge on any atom is -0.480 e. The van der Waals surface area contributed by atoms with Crippen LogP contribution in [0.25, 0.3) is 0 Å². The van der Waals surface area contributed by atoms with Crippen molar-refractivity contribution in [3.63, 3.8) is 0 Å². The van der Waals surface area contributed by atoms with E-state index in [2.05, 4.69) is 47.9 Å². The number of rotatable bonds is 37. The third kappa shape index (κ3) is 24.0. The van der Waals surface area contributed by atoms with Crippen molar-refractivity contribution in [3.05, 3.63) is 35.9 Å². The number of benzene rings is 1. The number of aliphatic hydroxyl groups excluding tert-OH is 2. The molecule has 9 amide bonds. The van der Waals surface area contributed by atoms with Gasteiger partial charge in [0.2, 0.25) is 53.2 Å². The van der Waals surface area contributed by atoms with Crippen molar-refractivity contribution in [3.8, 4) is 0 Å². The normalized spacial score (nSPS) is 16.0. The summed E-state index contributed by atoms with van der Waals surface area (Å²) in [5, 5.41) is 52.0. The van der Waals surface area contributed by atoms with E-state index in [-0.39, 0.29) is 96.6 Å². The highest BCUT2D eigenvalue weighted by Gasteiger charge is 2.36. The first-order chi connectivity index (χ1) is 35.9. The molecule has 0 saturated carbocycles. The van der Waals surface area contributed by atoms with Gasteiger partial charge in [-0.25, -0.2) is 4.79 Å². The lowest BCUT2D eigenvalue weighted by Gasteiger charge is -2.29. The van der Waals surface area contributed by atoms with Crippen molar-refractivity contribution < 1.29 is 63.3 Å². The SMILES string of the molecule is CC(C)C[C@H](NC(=O)[C@@H](Cc1ccccc1)NC(=O)[C@H](CCN)NC(=O)[C@H](CCN)NC(=O)[C@H](CCN)NC(=O)[C@@H](NC(=O)[C@@H](N)CCN)[C@@H](C)O)C(=O)N[C@@H](CCN)C(=O)N[C@@H](CCN)C(=O)N[C@H](C(=O)O)[C@@H](C)O. The zero-order valence-electron chi connectivity index (χ0n) is 43.8. The van der Waals surface area contributed by atoms with Crippen LogP contribution in [0.4, 0.5) is 0 Å². The lowest BCUT2D eigenvalue weighted by Crippen LogP contribution is -2.62. The van der Waals surface area contributed by atoms with Gasteiger partial charge in [-0.3, -0.25) is 43.2 Å². The first-order valence-electron chi connectivity index (χ1n) is 25.2. The standard InChI is InChI=1S/C47H84N16O13/c1-24(2)22-34(44(72)58-30(12-18-50)40(68)57-33(15-21-53)43(71)63-37(26(4)65)47(75)76)60-45(73)35(23-27-8-6-5-7-9-27)61-42(70)31(13-19-51)56-39(67)29(11-17-49)55-41(69)32(14-20-52)59-46(74)36(25(3)64)62-38(66)28(54)10-16-48/h5-9,24-26,28-37,64-65H,10-23,48-54H2,1-4H3,(H,55,69)(H,56,67)(H,57,68)(H,58,72)(H,59,74)(H,60,73)(H,61,70)(H,62,66)(H,63,71)(H,75,76)/t25-,26-,28+,29+,30+,31+,32+,33+,34+,35-,36+,37+/m1/s1. The van der Waals surface area contributed by atoms with Crippen LogP contribution in [0.3, 0.4) is 0 Å². The highest BCUT2D eigenvalue weighted by molar-refractivity contribution is 5.98. The molecule has 0 aliphatic heterocycles. The molecule has 12 atom stereocenters. The number of nitrogens with two attached hydrogens (primary N) is 7. The zero-order chi connectivity index (χ0) is 57.7. The average Bonchev–Trinajstić information content (AvgIpc) is 3.35. The number of carbonyl (C=O) groups excluding carboxylic acids is 9. The van der Waals surface area contributed by atoms with E-state index >= 15 is 0 Å². The molecule has 26 N–H and O–H groups in total. The Bertz CT molecular complexity index is 2040. The van der Waals surface area contributed by atoms with Gasteiger partial charge in [0.1, 0.15) is 48.3 Å². The first kappa shape index (κ1) is 67.6. The van der Waals surface area contributed by atoms with E-state index in [1.54, 1.807) is 44.2 Å². The van der Waals surface area contributed by atoms with Gasteiger partial charge in [0.25, 0.3) is 0 Å². The van der Waals surface area contributed by atoms with Crippen molar-refractivity contribution in [1.29, 1.82) is 0 Å². The monoisotopic (exact) mass is 1080 g/mol. The molecule has 0 radical (unpaired) electrons. The smallest absolute Gasteiger partial charge is 0.328 e. The number of hydrogen-bond donors (Lipinski definition) is 19. The molecule has 430 valence electrons. The van der Waals surface area contributed by atoms with Gasteiger partial charge in [0, 0.05) is 6.42 Å². The fourth-order valence-corrected chi connectivity index (χ4v) is 7.45. The van der Waals surface area contributed by atoms with Crippen molar-refractivity contribution >= 4 is 59.1 Å². The lowest BCUT2D eigenvalue weighted by molar-refractivity contribution is -0.145. The maximum absolute atomic E-state index is 14.3.